The van der Waals surface area contributed by atoms with Crippen molar-refractivity contribution < 1.29 is 14.3 Å². The molecule has 2 fully saturated rings. The number of rotatable bonds is 6. The minimum atomic E-state index is -0.473. The van der Waals surface area contributed by atoms with Crippen molar-refractivity contribution in [3.05, 3.63) is 0 Å². The Balaban J connectivity index is 1.87. The van der Waals surface area contributed by atoms with E-state index in [0.717, 1.165) is 25.9 Å². The number of hydrogen-bond acceptors (Lipinski definition) is 5. The molecule has 0 aromatic carbocycles. The largest absolute Gasteiger partial charge is 0.444 e. The van der Waals surface area contributed by atoms with Crippen molar-refractivity contribution >= 4 is 6.09 Å². The Morgan fingerprint density at radius 3 is 2.58 bits per heavy atom. The van der Waals surface area contributed by atoms with Gasteiger partial charge < -0.3 is 20.1 Å². The molecule has 6 nitrogen and oxygen atoms in total. The molecule has 0 bridgehead atoms. The highest BCUT2D eigenvalue weighted by Gasteiger charge is 2.44. The second-order valence-corrected chi connectivity index (χ2v) is 8.25. The van der Waals surface area contributed by atoms with Gasteiger partial charge in [0, 0.05) is 25.2 Å². The number of amides is 1. The minimum absolute atomic E-state index is 0.0736. The lowest BCUT2D eigenvalue weighted by Gasteiger charge is -2.46. The van der Waals surface area contributed by atoms with E-state index in [4.69, 9.17) is 9.47 Å². The van der Waals surface area contributed by atoms with Crippen LogP contribution in [0.3, 0.4) is 0 Å². The zero-order valence-electron chi connectivity index (χ0n) is 16.1. The third kappa shape index (κ3) is 5.33. The van der Waals surface area contributed by atoms with E-state index in [1.54, 1.807) is 0 Å². The van der Waals surface area contributed by atoms with Crippen molar-refractivity contribution in [2.75, 3.05) is 19.7 Å². The number of nitrogens with zero attached hydrogens (tertiary/aromatic N) is 1. The Bertz CT molecular complexity index is 422. The van der Waals surface area contributed by atoms with Crippen LogP contribution in [0.25, 0.3) is 0 Å². The lowest BCUT2D eigenvalue weighted by Crippen LogP contribution is -2.68. The normalized spacial score (nSPS) is 31.1. The lowest BCUT2D eigenvalue weighted by molar-refractivity contribution is -0.0463. The van der Waals surface area contributed by atoms with Gasteiger partial charge in [0.1, 0.15) is 5.60 Å². The molecule has 1 heterocycles. The van der Waals surface area contributed by atoms with Gasteiger partial charge in [0.05, 0.1) is 18.2 Å². The smallest absolute Gasteiger partial charge is 0.407 e. The third-order valence-electron chi connectivity index (χ3n) is 4.78. The molecule has 2 aliphatic rings. The molecule has 1 aliphatic heterocycles. The molecular weight excluding hydrogens is 306 g/mol. The quantitative estimate of drug-likeness (QED) is 0.775. The maximum atomic E-state index is 12.0. The van der Waals surface area contributed by atoms with Gasteiger partial charge in [0.15, 0.2) is 0 Å². The monoisotopic (exact) mass is 341 g/mol. The van der Waals surface area contributed by atoms with E-state index in [0.29, 0.717) is 18.7 Å². The van der Waals surface area contributed by atoms with Crippen LogP contribution < -0.4 is 10.6 Å². The van der Waals surface area contributed by atoms with Gasteiger partial charge in [-0.2, -0.15) is 0 Å². The van der Waals surface area contributed by atoms with Crippen LogP contribution in [0.1, 0.15) is 54.4 Å². The van der Waals surface area contributed by atoms with Crippen molar-refractivity contribution in [1.82, 2.24) is 15.5 Å². The van der Waals surface area contributed by atoms with Crippen LogP contribution >= 0.6 is 0 Å². The average molecular weight is 341 g/mol. The third-order valence-corrected chi connectivity index (χ3v) is 4.78. The molecule has 0 aromatic rings. The van der Waals surface area contributed by atoms with Gasteiger partial charge in [-0.1, -0.05) is 0 Å². The number of nitrogens with one attached hydrogen (secondary N) is 2. The fourth-order valence-electron chi connectivity index (χ4n) is 3.49. The maximum Gasteiger partial charge on any atom is 0.407 e. The molecule has 0 radical (unpaired) electrons. The summed E-state index contributed by atoms with van der Waals surface area (Å²) in [6, 6.07) is 1.28. The van der Waals surface area contributed by atoms with E-state index in [1.807, 2.05) is 27.7 Å². The number of hydrogen-bond donors (Lipinski definition) is 2. The summed E-state index contributed by atoms with van der Waals surface area (Å²) < 4.78 is 11.2. The summed E-state index contributed by atoms with van der Waals surface area (Å²) in [5.74, 6) is 0. The van der Waals surface area contributed by atoms with Gasteiger partial charge in [0.2, 0.25) is 0 Å². The molecule has 4 unspecified atom stereocenters. The topological polar surface area (TPSA) is 62.8 Å². The molecule has 1 amide bonds. The molecule has 4 atom stereocenters. The van der Waals surface area contributed by atoms with Crippen LogP contribution in [0.5, 0.6) is 0 Å². The van der Waals surface area contributed by atoms with Gasteiger partial charge in [-0.15, -0.1) is 0 Å². The summed E-state index contributed by atoms with van der Waals surface area (Å²) >= 11 is 0. The van der Waals surface area contributed by atoms with Crippen LogP contribution in [0.4, 0.5) is 4.79 Å². The Morgan fingerprint density at radius 2 is 2.04 bits per heavy atom. The van der Waals surface area contributed by atoms with Crippen LogP contribution in [0, 0.1) is 0 Å². The highest BCUT2D eigenvalue weighted by Crippen LogP contribution is 2.27. The van der Waals surface area contributed by atoms with Crippen LogP contribution in [0.2, 0.25) is 0 Å². The summed E-state index contributed by atoms with van der Waals surface area (Å²) in [6.45, 7) is 15.0. The number of alkyl carbamates (subject to hydrolysis) is 1. The van der Waals surface area contributed by atoms with Crippen molar-refractivity contribution in [3.63, 3.8) is 0 Å². The van der Waals surface area contributed by atoms with E-state index in [2.05, 4.69) is 29.4 Å². The SMILES string of the molecule is CCOC1CC(NC(=O)OC(C)(C)C)C1NC1CCN(C(C)C)C1. The fraction of sp³-hybridized carbons (Fsp3) is 0.944. The predicted octanol–water partition coefficient (Wildman–Crippen LogP) is 2.13. The number of carbonyl (C=O) groups is 1. The van der Waals surface area contributed by atoms with Gasteiger partial charge in [-0.3, -0.25) is 4.90 Å². The highest BCUT2D eigenvalue weighted by molar-refractivity contribution is 5.68. The zero-order valence-corrected chi connectivity index (χ0v) is 16.1. The first-order valence-corrected chi connectivity index (χ1v) is 9.30. The van der Waals surface area contributed by atoms with E-state index < -0.39 is 5.60 Å². The second-order valence-electron chi connectivity index (χ2n) is 8.25. The Hall–Kier alpha value is -0.850. The summed E-state index contributed by atoms with van der Waals surface area (Å²) in [7, 11) is 0. The first-order chi connectivity index (χ1) is 11.2. The standard InChI is InChI=1S/C18H35N3O3/c1-7-23-15-10-14(20-17(22)24-18(4,5)6)16(15)19-13-8-9-21(11-13)12(2)3/h12-16,19H,7-11H2,1-6H3,(H,20,22). The molecule has 0 spiro atoms. The molecule has 24 heavy (non-hydrogen) atoms. The molecule has 0 aromatic heterocycles. The first-order valence-electron chi connectivity index (χ1n) is 9.30. The van der Waals surface area contributed by atoms with Gasteiger partial charge >= 0.3 is 6.09 Å². The van der Waals surface area contributed by atoms with E-state index in [-0.39, 0.29) is 24.3 Å². The molecule has 6 heteroatoms. The average Bonchev–Trinajstić information content (AvgIpc) is 2.91. The first kappa shape index (κ1) is 19.5. The van der Waals surface area contributed by atoms with Crippen LogP contribution in [-0.4, -0.2) is 66.6 Å². The zero-order chi connectivity index (χ0) is 17.9. The summed E-state index contributed by atoms with van der Waals surface area (Å²) in [5.41, 5.74) is -0.473. The van der Waals surface area contributed by atoms with E-state index >= 15 is 0 Å². The number of carbonyl (C=O) groups excluding carboxylic acids is 1. The fourth-order valence-corrected chi connectivity index (χ4v) is 3.49. The van der Waals surface area contributed by atoms with Crippen molar-refractivity contribution in [3.8, 4) is 0 Å². The summed E-state index contributed by atoms with van der Waals surface area (Å²) in [5, 5.41) is 6.72. The summed E-state index contributed by atoms with van der Waals surface area (Å²) in [6.07, 6.45) is 1.81. The molecular formula is C18H35N3O3. The molecule has 1 saturated heterocycles. The lowest BCUT2D eigenvalue weighted by atomic mass is 9.82. The van der Waals surface area contributed by atoms with Crippen molar-refractivity contribution in [1.29, 1.82) is 0 Å². The van der Waals surface area contributed by atoms with E-state index in [1.165, 1.54) is 0 Å². The van der Waals surface area contributed by atoms with Crippen molar-refractivity contribution in [2.24, 2.45) is 0 Å². The molecule has 140 valence electrons. The molecule has 1 aliphatic carbocycles. The molecule has 2 N–H and O–H groups in total. The van der Waals surface area contributed by atoms with Gasteiger partial charge in [-0.25, -0.2) is 4.79 Å². The van der Waals surface area contributed by atoms with Crippen LogP contribution in [0.15, 0.2) is 0 Å². The van der Waals surface area contributed by atoms with Crippen molar-refractivity contribution in [2.45, 2.75) is 90.3 Å². The van der Waals surface area contributed by atoms with Gasteiger partial charge in [-0.05, 0) is 60.9 Å². The van der Waals surface area contributed by atoms with E-state index in [9.17, 15) is 4.79 Å². The number of ether oxygens (including phenoxy) is 2. The summed E-state index contributed by atoms with van der Waals surface area (Å²) in [4.78, 5) is 14.5. The molecule has 1 saturated carbocycles. The molecule has 2 rings (SSSR count). The maximum absolute atomic E-state index is 12.0. The minimum Gasteiger partial charge on any atom is -0.444 e. The Labute approximate surface area is 146 Å². The van der Waals surface area contributed by atoms with Gasteiger partial charge in [0.25, 0.3) is 0 Å². The highest BCUT2D eigenvalue weighted by atomic mass is 16.6. The Kier molecular flexibility index (Phi) is 6.51. The predicted molar refractivity (Wildman–Crippen MR) is 95.2 cm³/mol. The Morgan fingerprint density at radius 1 is 1.33 bits per heavy atom. The van der Waals surface area contributed by atoms with Crippen LogP contribution in [-0.2, 0) is 9.47 Å². The second kappa shape index (κ2) is 8.02. The number of likely N-dealkylation sites (tertiary alicyclic amines) is 1.